The Hall–Kier alpha value is -0.890. The molecule has 0 radical (unpaired) electrons. The number of nitrogens with one attached hydrogen (secondary N) is 1. The summed E-state index contributed by atoms with van der Waals surface area (Å²) in [5.74, 6) is -0.703. The van der Waals surface area contributed by atoms with Gasteiger partial charge < -0.3 is 50.5 Å². The summed E-state index contributed by atoms with van der Waals surface area (Å²) < 4.78 is 11.0. The molecule has 0 spiro atoms. The highest BCUT2D eigenvalue weighted by atomic mass is 16.7. The summed E-state index contributed by atoms with van der Waals surface area (Å²) in [4.78, 5) is 12.9. The third kappa shape index (κ3) is 35.0. The summed E-state index contributed by atoms with van der Waals surface area (Å²) >= 11 is 0. The average molecular weight is 959 g/mol. The standard InChI is InChI=1S/C56H111NO10/c1-3-5-7-8-9-10-11-12-13-14-15-16-17-18-19-20-21-22-23-24-25-26-27-28-29-30-31-32-33-34-35-36-37-38-39-40-41-42-44-49(60)55(65)57-47(51(61)48(59)43-6-4-2)46-66-56-54(64)53(63)52(62)50(45-58)67-56/h47-54,56,58-64H,3-46H2,1-2H3,(H,57,65). The van der Waals surface area contributed by atoms with Gasteiger partial charge in [-0.1, -0.05) is 271 Å². The van der Waals surface area contributed by atoms with Crippen molar-refractivity contribution >= 4 is 5.91 Å². The van der Waals surface area contributed by atoms with E-state index in [1.807, 2.05) is 6.92 Å². The van der Waals surface area contributed by atoms with Crippen molar-refractivity contribution in [1.82, 2.24) is 5.32 Å². The van der Waals surface area contributed by atoms with Crippen molar-refractivity contribution in [2.45, 2.75) is 339 Å². The van der Waals surface area contributed by atoms with Crippen molar-refractivity contribution in [3.63, 3.8) is 0 Å². The molecule has 1 saturated heterocycles. The van der Waals surface area contributed by atoms with Gasteiger partial charge in [0.05, 0.1) is 25.4 Å². The molecular formula is C56H111NO10. The van der Waals surface area contributed by atoms with Crippen LogP contribution in [0.1, 0.15) is 284 Å². The summed E-state index contributed by atoms with van der Waals surface area (Å²) in [6.07, 6.45) is 42.4. The molecule has 11 heteroatoms. The van der Waals surface area contributed by atoms with Crippen LogP contribution in [-0.2, 0) is 14.3 Å². The van der Waals surface area contributed by atoms with E-state index in [1.165, 1.54) is 218 Å². The fourth-order valence-electron chi connectivity index (χ4n) is 9.67. The van der Waals surface area contributed by atoms with Crippen LogP contribution in [0.5, 0.6) is 0 Å². The van der Waals surface area contributed by atoms with Gasteiger partial charge in [0, 0.05) is 0 Å². The Kier molecular flexibility index (Phi) is 44.2. The minimum Gasteiger partial charge on any atom is -0.394 e. The monoisotopic (exact) mass is 958 g/mol. The molecule has 67 heavy (non-hydrogen) atoms. The summed E-state index contributed by atoms with van der Waals surface area (Å²) in [5, 5.41) is 74.5. The van der Waals surface area contributed by atoms with E-state index in [0.717, 1.165) is 25.7 Å². The molecule has 1 amide bonds. The zero-order valence-electron chi connectivity index (χ0n) is 43.7. The van der Waals surface area contributed by atoms with E-state index >= 15 is 0 Å². The Morgan fingerprint density at radius 3 is 1.12 bits per heavy atom. The smallest absolute Gasteiger partial charge is 0.249 e. The second-order valence-electron chi connectivity index (χ2n) is 20.7. The quantitative estimate of drug-likeness (QED) is 0.0273. The minimum atomic E-state index is -1.65. The zero-order chi connectivity index (χ0) is 49.0. The molecule has 0 aromatic rings. The average Bonchev–Trinajstić information content (AvgIpc) is 3.33. The lowest BCUT2D eigenvalue weighted by molar-refractivity contribution is -0.303. The number of amides is 1. The first-order chi connectivity index (χ1) is 32.7. The Bertz CT molecular complexity index is 1050. The maximum atomic E-state index is 12.9. The highest BCUT2D eigenvalue weighted by Crippen LogP contribution is 2.23. The third-order valence-electron chi connectivity index (χ3n) is 14.4. The second-order valence-corrected chi connectivity index (χ2v) is 20.7. The van der Waals surface area contributed by atoms with Crippen molar-refractivity contribution in [2.75, 3.05) is 13.2 Å². The van der Waals surface area contributed by atoms with Gasteiger partial charge >= 0.3 is 0 Å². The molecule has 11 nitrogen and oxygen atoms in total. The SMILES string of the molecule is CCCCCCCCCCCCCCCCCCCCCCCCCCCCCCCCCCCCCCCCC(O)C(=O)NC(COC1OC(CO)C(O)C(O)C1O)C(O)C(O)CCCC. The molecule has 1 fully saturated rings. The van der Waals surface area contributed by atoms with E-state index in [-0.39, 0.29) is 12.8 Å². The van der Waals surface area contributed by atoms with Crippen LogP contribution < -0.4 is 5.32 Å². The molecule has 8 N–H and O–H groups in total. The molecule has 0 aromatic carbocycles. The minimum absolute atomic E-state index is 0.264. The first-order valence-electron chi connectivity index (χ1n) is 28.9. The maximum Gasteiger partial charge on any atom is 0.249 e. The number of unbranched alkanes of at least 4 members (excludes halogenated alkanes) is 38. The maximum absolute atomic E-state index is 12.9. The lowest BCUT2D eigenvalue weighted by Gasteiger charge is -2.40. The van der Waals surface area contributed by atoms with Gasteiger partial charge in [-0.2, -0.15) is 0 Å². The highest BCUT2D eigenvalue weighted by molar-refractivity contribution is 5.80. The van der Waals surface area contributed by atoms with Crippen molar-refractivity contribution in [3.8, 4) is 0 Å². The number of aliphatic hydroxyl groups excluding tert-OH is 7. The van der Waals surface area contributed by atoms with Gasteiger partial charge in [0.25, 0.3) is 0 Å². The van der Waals surface area contributed by atoms with E-state index in [2.05, 4.69) is 12.2 Å². The van der Waals surface area contributed by atoms with Gasteiger partial charge in [-0.25, -0.2) is 0 Å². The van der Waals surface area contributed by atoms with Crippen LogP contribution in [0.4, 0.5) is 0 Å². The Morgan fingerprint density at radius 1 is 0.463 bits per heavy atom. The predicted molar refractivity (Wildman–Crippen MR) is 275 cm³/mol. The summed E-state index contributed by atoms with van der Waals surface area (Å²) in [5.41, 5.74) is 0. The molecule has 9 atom stereocenters. The van der Waals surface area contributed by atoms with E-state index in [9.17, 15) is 40.5 Å². The molecule has 400 valence electrons. The molecule has 0 aromatic heterocycles. The van der Waals surface area contributed by atoms with Crippen LogP contribution >= 0.6 is 0 Å². The summed E-state index contributed by atoms with van der Waals surface area (Å²) in [6, 6.07) is -1.16. The van der Waals surface area contributed by atoms with Crippen LogP contribution in [0.15, 0.2) is 0 Å². The number of carbonyl (C=O) groups excluding carboxylic acids is 1. The van der Waals surface area contributed by atoms with Crippen molar-refractivity contribution in [3.05, 3.63) is 0 Å². The number of aliphatic hydroxyl groups is 7. The Balaban J connectivity index is 1.93. The fourth-order valence-corrected chi connectivity index (χ4v) is 9.67. The van der Waals surface area contributed by atoms with Crippen molar-refractivity contribution in [1.29, 1.82) is 0 Å². The van der Waals surface area contributed by atoms with Crippen LogP contribution in [-0.4, -0.2) is 110 Å². The molecule has 0 aliphatic carbocycles. The molecular weight excluding hydrogens is 847 g/mol. The molecule has 1 rings (SSSR count). The Morgan fingerprint density at radius 2 is 0.791 bits per heavy atom. The number of rotatable bonds is 50. The fraction of sp³-hybridized carbons (Fsp3) is 0.982. The molecule has 0 saturated carbocycles. The van der Waals surface area contributed by atoms with Gasteiger partial charge in [0.1, 0.15) is 36.6 Å². The van der Waals surface area contributed by atoms with Gasteiger partial charge in [0.15, 0.2) is 6.29 Å². The topological polar surface area (TPSA) is 189 Å². The normalized spacial score (nSPS) is 20.5. The summed E-state index contributed by atoms with van der Waals surface area (Å²) in [6.45, 7) is 3.19. The van der Waals surface area contributed by atoms with E-state index in [1.54, 1.807) is 0 Å². The van der Waals surface area contributed by atoms with E-state index in [0.29, 0.717) is 12.8 Å². The van der Waals surface area contributed by atoms with E-state index < -0.39 is 74.2 Å². The third-order valence-corrected chi connectivity index (χ3v) is 14.4. The highest BCUT2D eigenvalue weighted by Gasteiger charge is 2.44. The largest absolute Gasteiger partial charge is 0.394 e. The Labute approximate surface area is 411 Å². The van der Waals surface area contributed by atoms with Crippen LogP contribution in [0.3, 0.4) is 0 Å². The van der Waals surface area contributed by atoms with Crippen molar-refractivity contribution < 1.29 is 50.0 Å². The number of hydrogen-bond donors (Lipinski definition) is 8. The molecule has 0 bridgehead atoms. The number of hydrogen-bond acceptors (Lipinski definition) is 10. The van der Waals surface area contributed by atoms with Gasteiger partial charge in [-0.15, -0.1) is 0 Å². The predicted octanol–water partition coefficient (Wildman–Crippen LogP) is 11.8. The number of ether oxygens (including phenoxy) is 2. The lowest BCUT2D eigenvalue weighted by Crippen LogP contribution is -2.60. The first-order valence-corrected chi connectivity index (χ1v) is 28.9. The molecule has 1 aliphatic heterocycles. The van der Waals surface area contributed by atoms with Crippen LogP contribution in [0.25, 0.3) is 0 Å². The molecule has 9 unspecified atom stereocenters. The van der Waals surface area contributed by atoms with Gasteiger partial charge in [-0.05, 0) is 12.8 Å². The van der Waals surface area contributed by atoms with Gasteiger partial charge in [-0.3, -0.25) is 4.79 Å². The molecule has 1 heterocycles. The van der Waals surface area contributed by atoms with Crippen LogP contribution in [0, 0.1) is 0 Å². The molecule has 1 aliphatic rings. The van der Waals surface area contributed by atoms with Crippen LogP contribution in [0.2, 0.25) is 0 Å². The number of carbonyl (C=O) groups is 1. The van der Waals surface area contributed by atoms with E-state index in [4.69, 9.17) is 9.47 Å². The lowest BCUT2D eigenvalue weighted by atomic mass is 9.99. The first kappa shape index (κ1) is 64.1. The zero-order valence-corrected chi connectivity index (χ0v) is 43.7. The summed E-state index contributed by atoms with van der Waals surface area (Å²) in [7, 11) is 0. The van der Waals surface area contributed by atoms with Crippen molar-refractivity contribution in [2.24, 2.45) is 0 Å². The van der Waals surface area contributed by atoms with Gasteiger partial charge in [0.2, 0.25) is 5.91 Å². The second kappa shape index (κ2) is 46.2.